The fourth-order valence-electron chi connectivity index (χ4n) is 2.90. The van der Waals surface area contributed by atoms with E-state index in [0.29, 0.717) is 5.92 Å². The molecule has 0 spiro atoms. The minimum atomic E-state index is 0.0105. The summed E-state index contributed by atoms with van der Waals surface area (Å²) in [5.41, 5.74) is 2.71. The number of rotatable bonds is 6. The molecule has 0 saturated carbocycles. The lowest BCUT2D eigenvalue weighted by Gasteiger charge is -2.20. The Morgan fingerprint density at radius 2 is 2.05 bits per heavy atom. The second-order valence-electron chi connectivity index (χ2n) is 6.12. The third kappa shape index (κ3) is 4.46. The van der Waals surface area contributed by atoms with E-state index in [2.05, 4.69) is 22.5 Å². The molecule has 2 N–H and O–H groups in total. The lowest BCUT2D eigenvalue weighted by molar-refractivity contribution is 0.0946. The van der Waals surface area contributed by atoms with Crippen LogP contribution in [0.5, 0.6) is 0 Å². The van der Waals surface area contributed by atoms with Gasteiger partial charge in [0.05, 0.1) is 5.56 Å². The van der Waals surface area contributed by atoms with Gasteiger partial charge in [-0.2, -0.15) is 0 Å². The van der Waals surface area contributed by atoms with Crippen LogP contribution in [0.2, 0.25) is 0 Å². The molecule has 21 heavy (non-hydrogen) atoms. The maximum Gasteiger partial charge on any atom is 0.253 e. The first-order valence-electron chi connectivity index (χ1n) is 7.89. The molecule has 1 amide bonds. The molecule has 0 bridgehead atoms. The van der Waals surface area contributed by atoms with E-state index in [1.54, 1.807) is 0 Å². The van der Waals surface area contributed by atoms with E-state index >= 15 is 0 Å². The number of aryl methyl sites for hydroxylation is 1. The van der Waals surface area contributed by atoms with Crippen molar-refractivity contribution in [3.05, 3.63) is 29.3 Å². The van der Waals surface area contributed by atoms with Crippen LogP contribution >= 0.6 is 0 Å². The molecule has 4 heteroatoms. The van der Waals surface area contributed by atoms with Gasteiger partial charge in [0.2, 0.25) is 0 Å². The second kappa shape index (κ2) is 7.46. The predicted octanol–water partition coefficient (Wildman–Crippen LogP) is 2.50. The van der Waals surface area contributed by atoms with Crippen LogP contribution in [0, 0.1) is 12.8 Å². The Hall–Kier alpha value is -1.55. The normalized spacial score (nSPS) is 16.7. The topological polar surface area (TPSA) is 44.4 Å². The Labute approximate surface area is 127 Å². The van der Waals surface area contributed by atoms with Gasteiger partial charge >= 0.3 is 0 Å². The van der Waals surface area contributed by atoms with Gasteiger partial charge in [-0.05, 0) is 50.9 Å². The van der Waals surface area contributed by atoms with Gasteiger partial charge in [-0.1, -0.05) is 18.6 Å². The predicted molar refractivity (Wildman–Crippen MR) is 87.9 cm³/mol. The zero-order valence-electron chi connectivity index (χ0n) is 13.4. The average molecular weight is 289 g/mol. The first-order chi connectivity index (χ1) is 10.1. The lowest BCUT2D eigenvalue weighted by Crippen LogP contribution is -2.34. The van der Waals surface area contributed by atoms with Crippen LogP contribution in [-0.4, -0.2) is 44.0 Å². The molecule has 1 saturated heterocycles. The number of hydrogen-bond acceptors (Lipinski definition) is 3. The highest BCUT2D eigenvalue weighted by Crippen LogP contribution is 2.17. The summed E-state index contributed by atoms with van der Waals surface area (Å²) in [4.78, 5) is 14.8. The molecule has 1 unspecified atom stereocenters. The van der Waals surface area contributed by atoms with Gasteiger partial charge in [0.25, 0.3) is 5.91 Å². The summed E-state index contributed by atoms with van der Waals surface area (Å²) in [7, 11) is 1.84. The first kappa shape index (κ1) is 15.8. The van der Waals surface area contributed by atoms with E-state index < -0.39 is 0 Å². The van der Waals surface area contributed by atoms with Crippen molar-refractivity contribution in [2.75, 3.05) is 38.5 Å². The number of hydrogen-bond donors (Lipinski definition) is 2. The van der Waals surface area contributed by atoms with Crippen molar-refractivity contribution in [1.29, 1.82) is 0 Å². The Bertz CT molecular complexity index is 481. The van der Waals surface area contributed by atoms with Crippen molar-refractivity contribution in [3.63, 3.8) is 0 Å². The van der Waals surface area contributed by atoms with Gasteiger partial charge in [0, 0.05) is 25.8 Å². The van der Waals surface area contributed by atoms with E-state index in [4.69, 9.17) is 0 Å². The monoisotopic (exact) mass is 289 g/mol. The number of carbonyl (C=O) groups is 1. The molecule has 1 aliphatic rings. The summed E-state index contributed by atoms with van der Waals surface area (Å²) >= 11 is 0. The van der Waals surface area contributed by atoms with Crippen LogP contribution in [0.15, 0.2) is 18.2 Å². The van der Waals surface area contributed by atoms with Gasteiger partial charge in [0.15, 0.2) is 0 Å². The molecule has 0 aromatic heterocycles. The van der Waals surface area contributed by atoms with Gasteiger partial charge < -0.3 is 15.5 Å². The SMILES string of the molecule is CNc1ccc(C)cc1C(=O)NCC(C)CN1CCCC1. The quantitative estimate of drug-likeness (QED) is 0.845. The molecule has 1 aromatic rings. The summed E-state index contributed by atoms with van der Waals surface area (Å²) in [5.74, 6) is 0.492. The maximum atomic E-state index is 12.4. The summed E-state index contributed by atoms with van der Waals surface area (Å²) in [5, 5.41) is 6.15. The molecule has 116 valence electrons. The fourth-order valence-corrected chi connectivity index (χ4v) is 2.90. The van der Waals surface area contributed by atoms with E-state index in [-0.39, 0.29) is 5.91 Å². The Morgan fingerprint density at radius 3 is 2.71 bits per heavy atom. The first-order valence-corrected chi connectivity index (χ1v) is 7.89. The molecule has 1 aliphatic heterocycles. The molecule has 1 fully saturated rings. The van der Waals surface area contributed by atoms with Crippen molar-refractivity contribution < 1.29 is 4.79 Å². The van der Waals surface area contributed by atoms with Crippen molar-refractivity contribution in [2.24, 2.45) is 5.92 Å². The van der Waals surface area contributed by atoms with Crippen LogP contribution in [0.1, 0.15) is 35.7 Å². The van der Waals surface area contributed by atoms with Crippen LogP contribution in [0.4, 0.5) is 5.69 Å². The molecule has 0 radical (unpaired) electrons. The van der Waals surface area contributed by atoms with Crippen LogP contribution in [0.25, 0.3) is 0 Å². The van der Waals surface area contributed by atoms with Gasteiger partial charge in [-0.15, -0.1) is 0 Å². The number of carbonyl (C=O) groups excluding carboxylic acids is 1. The second-order valence-corrected chi connectivity index (χ2v) is 6.12. The van der Waals surface area contributed by atoms with Crippen LogP contribution in [0.3, 0.4) is 0 Å². The summed E-state index contributed by atoms with van der Waals surface area (Å²) in [6.45, 7) is 8.43. The highest BCUT2D eigenvalue weighted by atomic mass is 16.1. The van der Waals surface area contributed by atoms with Gasteiger partial charge in [0.1, 0.15) is 0 Å². The summed E-state index contributed by atoms with van der Waals surface area (Å²) in [6, 6.07) is 5.91. The molecule has 1 atom stereocenters. The zero-order chi connectivity index (χ0) is 15.2. The molecular formula is C17H27N3O. The van der Waals surface area contributed by atoms with E-state index in [9.17, 15) is 4.79 Å². The van der Waals surface area contributed by atoms with E-state index in [0.717, 1.165) is 29.9 Å². The zero-order valence-corrected chi connectivity index (χ0v) is 13.4. The van der Waals surface area contributed by atoms with E-state index in [1.165, 1.54) is 25.9 Å². The van der Waals surface area contributed by atoms with E-state index in [1.807, 2.05) is 32.2 Å². The molecular weight excluding hydrogens is 262 g/mol. The molecule has 2 rings (SSSR count). The number of nitrogens with one attached hydrogen (secondary N) is 2. The fraction of sp³-hybridized carbons (Fsp3) is 0.588. The van der Waals surface area contributed by atoms with Crippen LogP contribution < -0.4 is 10.6 Å². The largest absolute Gasteiger partial charge is 0.387 e. The Morgan fingerprint density at radius 1 is 1.33 bits per heavy atom. The van der Waals surface area contributed by atoms with Crippen molar-refractivity contribution in [2.45, 2.75) is 26.7 Å². The Kier molecular flexibility index (Phi) is 5.62. The number of likely N-dealkylation sites (tertiary alicyclic amines) is 1. The van der Waals surface area contributed by atoms with Gasteiger partial charge in [-0.3, -0.25) is 4.79 Å². The lowest BCUT2D eigenvalue weighted by atomic mass is 10.1. The van der Waals surface area contributed by atoms with Crippen molar-refractivity contribution in [3.8, 4) is 0 Å². The van der Waals surface area contributed by atoms with Crippen molar-refractivity contribution in [1.82, 2.24) is 10.2 Å². The molecule has 4 nitrogen and oxygen atoms in total. The minimum absolute atomic E-state index is 0.0105. The highest BCUT2D eigenvalue weighted by molar-refractivity contribution is 5.99. The molecule has 0 aliphatic carbocycles. The van der Waals surface area contributed by atoms with Crippen LogP contribution in [-0.2, 0) is 0 Å². The number of amides is 1. The maximum absolute atomic E-state index is 12.4. The highest BCUT2D eigenvalue weighted by Gasteiger charge is 2.16. The standard InChI is InChI=1S/C17H27N3O/c1-13-6-7-16(18-3)15(10-13)17(21)19-11-14(2)12-20-8-4-5-9-20/h6-7,10,14,18H,4-5,8-9,11-12H2,1-3H3,(H,19,21). The van der Waals surface area contributed by atoms with Gasteiger partial charge in [-0.25, -0.2) is 0 Å². The third-order valence-corrected chi connectivity index (χ3v) is 4.07. The minimum Gasteiger partial charge on any atom is -0.387 e. The smallest absolute Gasteiger partial charge is 0.253 e. The molecule has 1 heterocycles. The summed E-state index contributed by atoms with van der Waals surface area (Å²) < 4.78 is 0. The number of benzene rings is 1. The average Bonchev–Trinajstić information content (AvgIpc) is 2.97. The third-order valence-electron chi connectivity index (χ3n) is 4.07. The number of anilines is 1. The Balaban J connectivity index is 1.87. The number of nitrogens with zero attached hydrogens (tertiary/aromatic N) is 1. The molecule has 1 aromatic carbocycles. The van der Waals surface area contributed by atoms with Crippen molar-refractivity contribution >= 4 is 11.6 Å². The summed E-state index contributed by atoms with van der Waals surface area (Å²) in [6.07, 6.45) is 2.63.